The summed E-state index contributed by atoms with van der Waals surface area (Å²) < 4.78 is 0. The lowest BCUT2D eigenvalue weighted by Gasteiger charge is -2.14. The average Bonchev–Trinajstić information content (AvgIpc) is 2.43. The number of anilines is 2. The summed E-state index contributed by atoms with van der Waals surface area (Å²) in [5.74, 6) is 1.70. The molecule has 0 aliphatic carbocycles. The van der Waals surface area contributed by atoms with Gasteiger partial charge in [-0.1, -0.05) is 20.3 Å². The van der Waals surface area contributed by atoms with Crippen molar-refractivity contribution >= 4 is 17.7 Å². The van der Waals surface area contributed by atoms with E-state index in [2.05, 4.69) is 39.8 Å². The van der Waals surface area contributed by atoms with Gasteiger partial charge in [-0.05, 0) is 12.8 Å². The van der Waals surface area contributed by atoms with E-state index in [1.165, 1.54) is 0 Å². The predicted molar refractivity (Wildman–Crippen MR) is 80.9 cm³/mol. The van der Waals surface area contributed by atoms with Gasteiger partial charge in [0.15, 0.2) is 0 Å². The van der Waals surface area contributed by atoms with Crippen molar-refractivity contribution in [1.29, 1.82) is 0 Å². The highest BCUT2D eigenvalue weighted by atomic mass is 16.2. The predicted octanol–water partition coefficient (Wildman–Crippen LogP) is 1.33. The maximum absolute atomic E-state index is 10.6. The maximum Gasteiger partial charge on any atom is 0.312 e. The zero-order valence-electron chi connectivity index (χ0n) is 12.2. The number of carbonyl (C=O) groups excluding carboxylic acids is 1. The fourth-order valence-corrected chi connectivity index (χ4v) is 1.81. The first-order chi connectivity index (χ1) is 9.69. The summed E-state index contributed by atoms with van der Waals surface area (Å²) in [6, 6.07) is -0.520. The van der Waals surface area contributed by atoms with Crippen molar-refractivity contribution in [3.8, 4) is 0 Å². The lowest BCUT2D eigenvalue weighted by Crippen LogP contribution is -2.33. The summed E-state index contributed by atoms with van der Waals surface area (Å²) in [7, 11) is 0. The van der Waals surface area contributed by atoms with E-state index in [-0.39, 0.29) is 0 Å². The molecule has 112 valence electrons. The molecule has 0 radical (unpaired) electrons. The molecule has 0 aliphatic heterocycles. The number of nitrogens with zero attached hydrogens (tertiary/aromatic N) is 2. The molecule has 1 heterocycles. The Labute approximate surface area is 119 Å². The molecule has 0 fully saturated rings. The largest absolute Gasteiger partial charge is 0.370 e. The molecule has 0 saturated heterocycles. The van der Waals surface area contributed by atoms with Crippen LogP contribution in [0.2, 0.25) is 0 Å². The molecule has 7 heteroatoms. The van der Waals surface area contributed by atoms with Crippen molar-refractivity contribution in [3.05, 3.63) is 11.9 Å². The number of nitrogens with two attached hydrogens (primary N) is 1. The van der Waals surface area contributed by atoms with Crippen molar-refractivity contribution in [2.75, 3.05) is 30.3 Å². The van der Waals surface area contributed by atoms with E-state index in [0.29, 0.717) is 13.1 Å². The highest BCUT2D eigenvalue weighted by Gasteiger charge is 2.09. The van der Waals surface area contributed by atoms with Gasteiger partial charge in [-0.2, -0.15) is 0 Å². The van der Waals surface area contributed by atoms with Crippen LogP contribution in [0.15, 0.2) is 6.33 Å². The first-order valence-corrected chi connectivity index (χ1v) is 7.03. The number of rotatable bonds is 9. The summed E-state index contributed by atoms with van der Waals surface area (Å²) in [6.45, 7) is 6.15. The SMILES string of the molecule is CCCNc1ncnc(NCCNC(N)=O)c1CCC. The minimum atomic E-state index is -0.520. The first kappa shape index (κ1) is 16.0. The molecule has 1 aromatic rings. The van der Waals surface area contributed by atoms with Crippen LogP contribution >= 0.6 is 0 Å². The fourth-order valence-electron chi connectivity index (χ4n) is 1.81. The van der Waals surface area contributed by atoms with Crippen LogP contribution in [0.5, 0.6) is 0 Å². The normalized spacial score (nSPS) is 10.1. The fraction of sp³-hybridized carbons (Fsp3) is 0.615. The summed E-state index contributed by atoms with van der Waals surface area (Å²) in [4.78, 5) is 19.2. The molecule has 2 amide bonds. The van der Waals surface area contributed by atoms with Crippen molar-refractivity contribution in [2.24, 2.45) is 5.73 Å². The molecule has 1 rings (SSSR count). The zero-order valence-corrected chi connectivity index (χ0v) is 12.2. The van der Waals surface area contributed by atoms with E-state index in [4.69, 9.17) is 5.73 Å². The number of amides is 2. The van der Waals surface area contributed by atoms with Gasteiger partial charge < -0.3 is 21.7 Å². The molecule has 1 aromatic heterocycles. The Morgan fingerprint density at radius 2 is 1.75 bits per heavy atom. The van der Waals surface area contributed by atoms with Crippen LogP contribution in [-0.4, -0.2) is 35.6 Å². The number of aromatic nitrogens is 2. The van der Waals surface area contributed by atoms with Crippen molar-refractivity contribution in [1.82, 2.24) is 15.3 Å². The number of hydrogen-bond donors (Lipinski definition) is 4. The Morgan fingerprint density at radius 1 is 1.10 bits per heavy atom. The van der Waals surface area contributed by atoms with E-state index in [9.17, 15) is 4.79 Å². The second-order valence-corrected chi connectivity index (χ2v) is 4.44. The third kappa shape index (κ3) is 5.29. The van der Waals surface area contributed by atoms with Gasteiger partial charge in [0.05, 0.1) is 0 Å². The van der Waals surface area contributed by atoms with Gasteiger partial charge in [0.2, 0.25) is 0 Å². The Morgan fingerprint density at radius 3 is 2.30 bits per heavy atom. The van der Waals surface area contributed by atoms with Crippen LogP contribution in [-0.2, 0) is 6.42 Å². The average molecular weight is 280 g/mol. The third-order valence-corrected chi connectivity index (χ3v) is 2.70. The number of urea groups is 1. The minimum absolute atomic E-state index is 0.461. The Balaban J connectivity index is 2.69. The summed E-state index contributed by atoms with van der Waals surface area (Å²) in [6.07, 6.45) is 4.50. The third-order valence-electron chi connectivity index (χ3n) is 2.70. The van der Waals surface area contributed by atoms with Gasteiger partial charge in [-0.15, -0.1) is 0 Å². The topological polar surface area (TPSA) is 105 Å². The second-order valence-electron chi connectivity index (χ2n) is 4.44. The highest BCUT2D eigenvalue weighted by molar-refractivity contribution is 5.71. The van der Waals surface area contributed by atoms with Crippen LogP contribution in [0.4, 0.5) is 16.4 Å². The van der Waals surface area contributed by atoms with Gasteiger partial charge in [-0.25, -0.2) is 14.8 Å². The molecule has 20 heavy (non-hydrogen) atoms. The van der Waals surface area contributed by atoms with Crippen LogP contribution in [0.1, 0.15) is 32.3 Å². The minimum Gasteiger partial charge on any atom is -0.370 e. The quantitative estimate of drug-likeness (QED) is 0.511. The Bertz CT molecular complexity index is 423. The smallest absolute Gasteiger partial charge is 0.312 e. The molecule has 0 aromatic carbocycles. The molecule has 0 spiro atoms. The molecule has 0 atom stereocenters. The molecule has 0 saturated carbocycles. The second kappa shape index (κ2) is 8.95. The van der Waals surface area contributed by atoms with Crippen LogP contribution in [0, 0.1) is 0 Å². The van der Waals surface area contributed by atoms with Gasteiger partial charge in [0, 0.05) is 25.2 Å². The number of nitrogens with one attached hydrogen (secondary N) is 3. The molecule has 0 aliphatic rings. The summed E-state index contributed by atoms with van der Waals surface area (Å²) in [5.41, 5.74) is 6.10. The van der Waals surface area contributed by atoms with Gasteiger partial charge >= 0.3 is 6.03 Å². The lowest BCUT2D eigenvalue weighted by atomic mass is 10.1. The Kier molecular flexibility index (Phi) is 7.16. The first-order valence-electron chi connectivity index (χ1n) is 7.03. The summed E-state index contributed by atoms with van der Waals surface area (Å²) >= 11 is 0. The van der Waals surface area contributed by atoms with E-state index < -0.39 is 6.03 Å². The monoisotopic (exact) mass is 280 g/mol. The van der Waals surface area contributed by atoms with Gasteiger partial charge in [0.25, 0.3) is 0 Å². The van der Waals surface area contributed by atoms with E-state index >= 15 is 0 Å². The standard InChI is InChI=1S/C13H24N6O/c1-3-5-10-11(15-6-4-2)18-9-19-12(10)16-7-8-17-13(14)20/h9H,3-8H2,1-2H3,(H3,14,17,20)(H2,15,16,18,19). The molecule has 0 bridgehead atoms. The number of primary amides is 1. The molecular weight excluding hydrogens is 256 g/mol. The van der Waals surface area contributed by atoms with Crippen molar-refractivity contribution in [3.63, 3.8) is 0 Å². The molecule has 7 nitrogen and oxygen atoms in total. The Hall–Kier alpha value is -2.05. The van der Waals surface area contributed by atoms with Crippen LogP contribution < -0.4 is 21.7 Å². The van der Waals surface area contributed by atoms with E-state index in [0.717, 1.165) is 43.0 Å². The number of hydrogen-bond acceptors (Lipinski definition) is 5. The van der Waals surface area contributed by atoms with E-state index in [1.54, 1.807) is 6.33 Å². The van der Waals surface area contributed by atoms with E-state index in [1.807, 2.05) is 0 Å². The maximum atomic E-state index is 10.6. The summed E-state index contributed by atoms with van der Waals surface area (Å²) in [5, 5.41) is 9.06. The molecule has 0 unspecified atom stereocenters. The van der Waals surface area contributed by atoms with Crippen molar-refractivity contribution in [2.45, 2.75) is 33.1 Å². The zero-order chi connectivity index (χ0) is 14.8. The number of carbonyl (C=O) groups is 1. The van der Waals surface area contributed by atoms with Crippen LogP contribution in [0.25, 0.3) is 0 Å². The molecule has 5 N–H and O–H groups in total. The molecular formula is C13H24N6O. The lowest BCUT2D eigenvalue weighted by molar-refractivity contribution is 0.249. The van der Waals surface area contributed by atoms with Crippen LogP contribution in [0.3, 0.4) is 0 Å². The highest BCUT2D eigenvalue weighted by Crippen LogP contribution is 2.21. The van der Waals surface area contributed by atoms with Crippen molar-refractivity contribution < 1.29 is 4.79 Å². The van der Waals surface area contributed by atoms with Gasteiger partial charge in [0.1, 0.15) is 18.0 Å². The van der Waals surface area contributed by atoms with Gasteiger partial charge in [-0.3, -0.25) is 0 Å².